The molecule has 1 aliphatic rings. The number of hydrogen-bond donors (Lipinski definition) is 1. The number of rotatable bonds is 3. The van der Waals surface area contributed by atoms with Gasteiger partial charge in [-0.15, -0.1) is 0 Å². The molecule has 0 saturated carbocycles. The lowest BCUT2D eigenvalue weighted by molar-refractivity contribution is -0.194. The van der Waals surface area contributed by atoms with Gasteiger partial charge in [0.05, 0.1) is 0 Å². The SMILES string of the molecule is CC(Cc1ccc2c(c1)COO2)C(N)=O. The summed E-state index contributed by atoms with van der Waals surface area (Å²) in [5.41, 5.74) is 7.30. The Morgan fingerprint density at radius 2 is 2.40 bits per heavy atom. The molecule has 0 aliphatic carbocycles. The molecule has 15 heavy (non-hydrogen) atoms. The van der Waals surface area contributed by atoms with Gasteiger partial charge in [0.1, 0.15) is 6.61 Å². The molecule has 1 amide bonds. The van der Waals surface area contributed by atoms with Gasteiger partial charge in [0.25, 0.3) is 0 Å². The molecule has 1 atom stereocenters. The van der Waals surface area contributed by atoms with E-state index in [4.69, 9.17) is 15.5 Å². The first-order chi connectivity index (χ1) is 7.16. The van der Waals surface area contributed by atoms with Crippen LogP contribution in [0.4, 0.5) is 0 Å². The fraction of sp³-hybridized carbons (Fsp3) is 0.364. The summed E-state index contributed by atoms with van der Waals surface area (Å²) in [5.74, 6) is 0.333. The lowest BCUT2D eigenvalue weighted by Gasteiger charge is -2.07. The molecule has 0 fully saturated rings. The van der Waals surface area contributed by atoms with Crippen LogP contribution in [0.25, 0.3) is 0 Å². The van der Waals surface area contributed by atoms with E-state index in [-0.39, 0.29) is 11.8 Å². The Kier molecular flexibility index (Phi) is 2.60. The third kappa shape index (κ3) is 2.10. The van der Waals surface area contributed by atoms with E-state index >= 15 is 0 Å². The smallest absolute Gasteiger partial charge is 0.220 e. The maximum Gasteiger partial charge on any atom is 0.220 e. The van der Waals surface area contributed by atoms with Crippen molar-refractivity contribution in [2.45, 2.75) is 20.0 Å². The van der Waals surface area contributed by atoms with E-state index < -0.39 is 0 Å². The Bertz CT molecular complexity index is 389. The molecule has 80 valence electrons. The summed E-state index contributed by atoms with van der Waals surface area (Å²) in [6.45, 7) is 2.29. The van der Waals surface area contributed by atoms with E-state index in [0.29, 0.717) is 13.0 Å². The predicted octanol–water partition coefficient (Wildman–Crippen LogP) is 1.17. The van der Waals surface area contributed by atoms with Crippen molar-refractivity contribution < 1.29 is 14.6 Å². The van der Waals surface area contributed by atoms with Gasteiger partial charge < -0.3 is 10.6 Å². The van der Waals surface area contributed by atoms with Crippen LogP contribution in [0, 0.1) is 5.92 Å². The maximum atomic E-state index is 10.9. The van der Waals surface area contributed by atoms with Crippen LogP contribution in [0.5, 0.6) is 5.75 Å². The molecule has 1 unspecified atom stereocenters. The molecule has 0 saturated heterocycles. The van der Waals surface area contributed by atoms with E-state index in [1.54, 1.807) is 0 Å². The zero-order valence-electron chi connectivity index (χ0n) is 8.53. The Hall–Kier alpha value is -1.55. The van der Waals surface area contributed by atoms with Crippen molar-refractivity contribution in [2.75, 3.05) is 0 Å². The molecule has 2 N–H and O–H groups in total. The second-order valence-corrected chi connectivity index (χ2v) is 3.80. The average molecular weight is 207 g/mol. The molecule has 0 spiro atoms. The number of carbonyl (C=O) groups excluding carboxylic acids is 1. The van der Waals surface area contributed by atoms with Crippen LogP contribution in [-0.4, -0.2) is 5.91 Å². The van der Waals surface area contributed by atoms with Crippen LogP contribution in [0.15, 0.2) is 18.2 Å². The van der Waals surface area contributed by atoms with Gasteiger partial charge in [-0.25, -0.2) is 0 Å². The summed E-state index contributed by atoms with van der Waals surface area (Å²) in [6, 6.07) is 5.76. The molecule has 1 aliphatic heterocycles. The summed E-state index contributed by atoms with van der Waals surface area (Å²) < 4.78 is 0. The monoisotopic (exact) mass is 207 g/mol. The Labute approximate surface area is 87.9 Å². The zero-order valence-corrected chi connectivity index (χ0v) is 8.53. The third-order valence-electron chi connectivity index (χ3n) is 2.52. The second-order valence-electron chi connectivity index (χ2n) is 3.80. The number of hydrogen-bond acceptors (Lipinski definition) is 3. The molecule has 0 bridgehead atoms. The van der Waals surface area contributed by atoms with E-state index in [9.17, 15) is 4.79 Å². The topological polar surface area (TPSA) is 61.6 Å². The van der Waals surface area contributed by atoms with Crippen LogP contribution in [0.3, 0.4) is 0 Å². The van der Waals surface area contributed by atoms with Crippen LogP contribution in [0.1, 0.15) is 18.1 Å². The van der Waals surface area contributed by atoms with E-state index in [1.165, 1.54) is 0 Å². The number of fused-ring (bicyclic) bond motifs is 1. The standard InChI is InChI=1S/C11H13NO3/c1-7(11(12)13)4-8-2-3-10-9(5-8)6-14-15-10/h2-3,5,7H,4,6H2,1H3,(H2,12,13). The number of primary amides is 1. The lowest BCUT2D eigenvalue weighted by Crippen LogP contribution is -2.22. The van der Waals surface area contributed by atoms with Gasteiger partial charge in [0.15, 0.2) is 5.75 Å². The fourth-order valence-corrected chi connectivity index (χ4v) is 1.56. The van der Waals surface area contributed by atoms with Crippen LogP contribution in [0.2, 0.25) is 0 Å². The molecular weight excluding hydrogens is 194 g/mol. The van der Waals surface area contributed by atoms with Crippen molar-refractivity contribution in [1.29, 1.82) is 0 Å². The van der Waals surface area contributed by atoms with Crippen molar-refractivity contribution in [2.24, 2.45) is 11.7 Å². The van der Waals surface area contributed by atoms with Gasteiger partial charge in [-0.3, -0.25) is 4.79 Å². The molecule has 1 aromatic carbocycles. The molecule has 0 radical (unpaired) electrons. The van der Waals surface area contributed by atoms with Gasteiger partial charge in [-0.1, -0.05) is 13.0 Å². The first-order valence-electron chi connectivity index (χ1n) is 4.87. The first kappa shape index (κ1) is 9.98. The van der Waals surface area contributed by atoms with E-state index in [1.807, 2.05) is 25.1 Å². The highest BCUT2D eigenvalue weighted by Crippen LogP contribution is 2.27. The summed E-state index contributed by atoms with van der Waals surface area (Å²) in [5, 5.41) is 0. The normalized spacial score (nSPS) is 15.5. The maximum absolute atomic E-state index is 10.9. The molecule has 1 heterocycles. The highest BCUT2D eigenvalue weighted by molar-refractivity contribution is 5.76. The van der Waals surface area contributed by atoms with Crippen LogP contribution >= 0.6 is 0 Å². The summed E-state index contributed by atoms with van der Waals surface area (Å²) >= 11 is 0. The van der Waals surface area contributed by atoms with Crippen LogP contribution < -0.4 is 10.6 Å². The van der Waals surface area contributed by atoms with Gasteiger partial charge in [0, 0.05) is 11.5 Å². The minimum Gasteiger partial charge on any atom is -0.369 e. The molecule has 0 aromatic heterocycles. The predicted molar refractivity (Wildman–Crippen MR) is 53.9 cm³/mol. The van der Waals surface area contributed by atoms with Crippen molar-refractivity contribution >= 4 is 5.91 Å². The first-order valence-corrected chi connectivity index (χ1v) is 4.87. The molecule has 4 heteroatoms. The molecule has 1 aromatic rings. The number of carbonyl (C=O) groups is 1. The van der Waals surface area contributed by atoms with Crippen molar-refractivity contribution in [3.05, 3.63) is 29.3 Å². The van der Waals surface area contributed by atoms with Crippen molar-refractivity contribution in [3.8, 4) is 5.75 Å². The molecular formula is C11H13NO3. The number of benzene rings is 1. The molecule has 2 rings (SSSR count). The average Bonchev–Trinajstić information content (AvgIpc) is 2.64. The van der Waals surface area contributed by atoms with Gasteiger partial charge >= 0.3 is 0 Å². The molecule has 4 nitrogen and oxygen atoms in total. The Morgan fingerprint density at radius 1 is 1.60 bits per heavy atom. The minimum atomic E-state index is -0.275. The minimum absolute atomic E-state index is 0.147. The van der Waals surface area contributed by atoms with E-state index in [2.05, 4.69) is 0 Å². The Balaban J connectivity index is 2.13. The fourth-order valence-electron chi connectivity index (χ4n) is 1.56. The summed E-state index contributed by atoms with van der Waals surface area (Å²) in [4.78, 5) is 20.7. The van der Waals surface area contributed by atoms with Gasteiger partial charge in [-0.05, 0) is 24.1 Å². The van der Waals surface area contributed by atoms with Crippen molar-refractivity contribution in [1.82, 2.24) is 0 Å². The highest BCUT2D eigenvalue weighted by Gasteiger charge is 2.15. The van der Waals surface area contributed by atoms with Crippen molar-refractivity contribution in [3.63, 3.8) is 0 Å². The van der Waals surface area contributed by atoms with E-state index in [0.717, 1.165) is 16.9 Å². The second kappa shape index (κ2) is 3.90. The largest absolute Gasteiger partial charge is 0.369 e. The quantitative estimate of drug-likeness (QED) is 0.757. The number of amides is 1. The number of nitrogens with two attached hydrogens (primary N) is 1. The third-order valence-corrected chi connectivity index (χ3v) is 2.52. The van der Waals surface area contributed by atoms with Gasteiger partial charge in [0.2, 0.25) is 5.91 Å². The van der Waals surface area contributed by atoms with Crippen LogP contribution in [-0.2, 0) is 22.7 Å². The summed E-state index contributed by atoms with van der Waals surface area (Å²) in [6.07, 6.45) is 0.655. The summed E-state index contributed by atoms with van der Waals surface area (Å²) in [7, 11) is 0. The zero-order chi connectivity index (χ0) is 10.8. The lowest BCUT2D eigenvalue weighted by atomic mass is 9.99. The highest BCUT2D eigenvalue weighted by atomic mass is 17.2. The Morgan fingerprint density at radius 3 is 3.13 bits per heavy atom. The van der Waals surface area contributed by atoms with Gasteiger partial charge in [-0.2, -0.15) is 4.89 Å².